The van der Waals surface area contributed by atoms with Crippen LogP contribution in [0, 0.1) is 18.7 Å². The van der Waals surface area contributed by atoms with E-state index in [1.54, 1.807) is 6.07 Å². The first-order valence-electron chi connectivity index (χ1n) is 6.79. The van der Waals surface area contributed by atoms with Crippen LogP contribution in [-0.4, -0.2) is 11.2 Å². The number of aliphatic hydroxyl groups is 1. The molecule has 2 nitrogen and oxygen atoms in total. The molecule has 2 rings (SSSR count). The molecule has 0 spiro atoms. The van der Waals surface area contributed by atoms with E-state index in [-0.39, 0.29) is 11.7 Å². The molecule has 1 saturated carbocycles. The van der Waals surface area contributed by atoms with Gasteiger partial charge < -0.3 is 10.8 Å². The van der Waals surface area contributed by atoms with Crippen molar-refractivity contribution in [1.29, 1.82) is 0 Å². The summed E-state index contributed by atoms with van der Waals surface area (Å²) in [6.07, 6.45) is 5.07. The highest BCUT2D eigenvalue weighted by Crippen LogP contribution is 2.32. The molecule has 1 fully saturated rings. The lowest BCUT2D eigenvalue weighted by Crippen LogP contribution is -2.34. The van der Waals surface area contributed by atoms with Crippen molar-refractivity contribution >= 4 is 0 Å². The van der Waals surface area contributed by atoms with Crippen molar-refractivity contribution in [2.45, 2.75) is 51.2 Å². The number of hydrogen-bond donors (Lipinski definition) is 2. The zero-order valence-corrected chi connectivity index (χ0v) is 10.9. The van der Waals surface area contributed by atoms with Crippen LogP contribution in [0.5, 0.6) is 0 Å². The minimum absolute atomic E-state index is 0.261. The van der Waals surface area contributed by atoms with Gasteiger partial charge in [0.1, 0.15) is 5.82 Å². The third kappa shape index (κ3) is 2.90. The molecule has 1 aliphatic rings. The molecule has 3 N–H and O–H groups in total. The number of nitrogens with two attached hydrogens (primary N) is 1. The minimum Gasteiger partial charge on any atom is -0.391 e. The summed E-state index contributed by atoms with van der Waals surface area (Å²) >= 11 is 0. The van der Waals surface area contributed by atoms with Gasteiger partial charge in [-0.2, -0.15) is 0 Å². The molecule has 0 aliphatic heterocycles. The van der Waals surface area contributed by atoms with Gasteiger partial charge in [0.05, 0.1) is 12.1 Å². The van der Waals surface area contributed by atoms with Crippen molar-refractivity contribution in [2.24, 2.45) is 11.7 Å². The smallest absolute Gasteiger partial charge is 0.123 e. The second kappa shape index (κ2) is 5.81. The van der Waals surface area contributed by atoms with Gasteiger partial charge in [-0.1, -0.05) is 25.3 Å². The standard InChI is InChI=1S/C15H22FNO/c1-10-7-8-12(16)9-13(10)14(17)15(18)11-5-3-2-4-6-11/h7-9,11,14-15,18H,2-6,17H2,1H3/t14-,15+/m0/s1. The van der Waals surface area contributed by atoms with E-state index >= 15 is 0 Å². The normalized spacial score (nSPS) is 20.7. The predicted octanol–water partition coefficient (Wildman–Crippen LogP) is 3.08. The Kier molecular flexibility index (Phi) is 4.36. The summed E-state index contributed by atoms with van der Waals surface area (Å²) in [5.74, 6) is -0.0293. The molecule has 1 aromatic carbocycles. The van der Waals surface area contributed by atoms with Crippen LogP contribution in [0.3, 0.4) is 0 Å². The van der Waals surface area contributed by atoms with Crippen molar-refractivity contribution in [1.82, 2.24) is 0 Å². The Bertz CT molecular complexity index is 401. The Morgan fingerprint density at radius 2 is 1.94 bits per heavy atom. The second-order valence-corrected chi connectivity index (χ2v) is 5.42. The van der Waals surface area contributed by atoms with Crippen molar-refractivity contribution < 1.29 is 9.50 Å². The summed E-state index contributed by atoms with van der Waals surface area (Å²) in [6.45, 7) is 1.90. The summed E-state index contributed by atoms with van der Waals surface area (Å²) in [7, 11) is 0. The molecule has 18 heavy (non-hydrogen) atoms. The van der Waals surface area contributed by atoms with Gasteiger partial charge in [-0.25, -0.2) is 4.39 Å². The fourth-order valence-corrected chi connectivity index (χ4v) is 2.92. The summed E-state index contributed by atoms with van der Waals surface area (Å²) in [4.78, 5) is 0. The van der Waals surface area contributed by atoms with Crippen LogP contribution < -0.4 is 5.73 Å². The minimum atomic E-state index is -0.564. The lowest BCUT2D eigenvalue weighted by atomic mass is 9.81. The summed E-state index contributed by atoms with van der Waals surface area (Å²) < 4.78 is 13.3. The highest BCUT2D eigenvalue weighted by molar-refractivity contribution is 5.30. The monoisotopic (exact) mass is 251 g/mol. The molecule has 1 aromatic rings. The van der Waals surface area contributed by atoms with E-state index < -0.39 is 12.1 Å². The van der Waals surface area contributed by atoms with E-state index in [0.29, 0.717) is 0 Å². The molecule has 1 aliphatic carbocycles. The molecule has 2 atom stereocenters. The Labute approximate surface area is 108 Å². The fraction of sp³-hybridized carbons (Fsp3) is 0.600. The van der Waals surface area contributed by atoms with Crippen molar-refractivity contribution in [3.05, 3.63) is 35.1 Å². The molecule has 0 aromatic heterocycles. The van der Waals surface area contributed by atoms with Crippen LogP contribution in [-0.2, 0) is 0 Å². The number of rotatable bonds is 3. The molecular formula is C15H22FNO. The first-order chi connectivity index (χ1) is 8.59. The lowest BCUT2D eigenvalue weighted by molar-refractivity contribution is 0.0615. The molecule has 100 valence electrons. The molecule has 0 heterocycles. The topological polar surface area (TPSA) is 46.2 Å². The van der Waals surface area contributed by atoms with E-state index in [1.165, 1.54) is 18.6 Å². The highest BCUT2D eigenvalue weighted by atomic mass is 19.1. The zero-order chi connectivity index (χ0) is 13.1. The molecule has 0 amide bonds. The maximum atomic E-state index is 13.3. The van der Waals surface area contributed by atoms with E-state index in [0.717, 1.165) is 36.8 Å². The Hall–Kier alpha value is -0.930. The number of hydrogen-bond acceptors (Lipinski definition) is 2. The Balaban J connectivity index is 2.13. The number of benzene rings is 1. The van der Waals surface area contributed by atoms with Gasteiger partial charge >= 0.3 is 0 Å². The average Bonchev–Trinajstić information content (AvgIpc) is 2.41. The van der Waals surface area contributed by atoms with Crippen molar-refractivity contribution in [3.8, 4) is 0 Å². The second-order valence-electron chi connectivity index (χ2n) is 5.42. The average molecular weight is 251 g/mol. The number of aliphatic hydroxyl groups excluding tert-OH is 1. The quantitative estimate of drug-likeness (QED) is 0.867. The van der Waals surface area contributed by atoms with Gasteiger partial charge in [0.15, 0.2) is 0 Å². The zero-order valence-electron chi connectivity index (χ0n) is 10.9. The SMILES string of the molecule is Cc1ccc(F)cc1[C@H](N)[C@H](O)C1CCCCC1. The first-order valence-corrected chi connectivity index (χ1v) is 6.79. The Morgan fingerprint density at radius 3 is 2.61 bits per heavy atom. The molecular weight excluding hydrogens is 229 g/mol. The number of aryl methyl sites for hydroxylation is 1. The first kappa shape index (κ1) is 13.5. The summed E-state index contributed by atoms with van der Waals surface area (Å²) in [5.41, 5.74) is 7.80. The van der Waals surface area contributed by atoms with Gasteiger partial charge in [-0.3, -0.25) is 0 Å². The van der Waals surface area contributed by atoms with Gasteiger partial charge in [0.2, 0.25) is 0 Å². The van der Waals surface area contributed by atoms with Crippen LogP contribution in [0.2, 0.25) is 0 Å². The predicted molar refractivity (Wildman–Crippen MR) is 70.6 cm³/mol. The lowest BCUT2D eigenvalue weighted by Gasteiger charge is -2.31. The maximum Gasteiger partial charge on any atom is 0.123 e. The fourth-order valence-electron chi connectivity index (χ4n) is 2.92. The van der Waals surface area contributed by atoms with Crippen LogP contribution in [0.25, 0.3) is 0 Å². The van der Waals surface area contributed by atoms with Gasteiger partial charge in [0.25, 0.3) is 0 Å². The largest absolute Gasteiger partial charge is 0.391 e. The molecule has 0 saturated heterocycles. The van der Waals surface area contributed by atoms with Crippen LogP contribution in [0.15, 0.2) is 18.2 Å². The van der Waals surface area contributed by atoms with Crippen LogP contribution in [0.1, 0.15) is 49.3 Å². The van der Waals surface area contributed by atoms with Crippen LogP contribution >= 0.6 is 0 Å². The number of halogens is 1. The molecule has 0 radical (unpaired) electrons. The maximum absolute atomic E-state index is 13.3. The Morgan fingerprint density at radius 1 is 1.28 bits per heavy atom. The van der Waals surface area contributed by atoms with Crippen molar-refractivity contribution in [3.63, 3.8) is 0 Å². The summed E-state index contributed by atoms with van der Waals surface area (Å²) in [5, 5.41) is 10.4. The third-order valence-corrected chi connectivity index (χ3v) is 4.10. The van der Waals surface area contributed by atoms with E-state index in [4.69, 9.17) is 5.73 Å². The molecule has 0 unspecified atom stereocenters. The molecule has 3 heteroatoms. The third-order valence-electron chi connectivity index (χ3n) is 4.10. The molecule has 0 bridgehead atoms. The summed E-state index contributed by atoms with van der Waals surface area (Å²) in [6, 6.07) is 4.12. The highest BCUT2D eigenvalue weighted by Gasteiger charge is 2.28. The van der Waals surface area contributed by atoms with Gasteiger partial charge in [0, 0.05) is 0 Å². The van der Waals surface area contributed by atoms with Crippen LogP contribution in [0.4, 0.5) is 4.39 Å². The van der Waals surface area contributed by atoms with Crippen molar-refractivity contribution in [2.75, 3.05) is 0 Å². The van der Waals surface area contributed by atoms with E-state index in [1.807, 2.05) is 6.92 Å². The van der Waals surface area contributed by atoms with Gasteiger partial charge in [-0.15, -0.1) is 0 Å². The van der Waals surface area contributed by atoms with E-state index in [2.05, 4.69) is 0 Å². The van der Waals surface area contributed by atoms with Gasteiger partial charge in [-0.05, 0) is 48.9 Å². The van der Waals surface area contributed by atoms with E-state index in [9.17, 15) is 9.50 Å².